The molecule has 0 atom stereocenters. The van der Waals surface area contributed by atoms with Crippen molar-refractivity contribution in [3.8, 4) is 6.07 Å². The highest BCUT2D eigenvalue weighted by Crippen LogP contribution is 2.15. The zero-order valence-electron chi connectivity index (χ0n) is 12.8. The Labute approximate surface area is 126 Å². The van der Waals surface area contributed by atoms with Gasteiger partial charge in [0.25, 0.3) is 0 Å². The number of hydrogen-bond donors (Lipinski definition) is 0. The second-order valence-electron chi connectivity index (χ2n) is 5.81. The summed E-state index contributed by atoms with van der Waals surface area (Å²) in [6.45, 7) is 6.68. The first-order valence-electron chi connectivity index (χ1n) is 7.37. The van der Waals surface area contributed by atoms with Gasteiger partial charge in [0.1, 0.15) is 11.9 Å². The Morgan fingerprint density at radius 1 is 1.19 bits per heavy atom. The lowest BCUT2D eigenvalue weighted by Gasteiger charge is -2.35. The van der Waals surface area contributed by atoms with E-state index in [0.717, 1.165) is 39.3 Å². The third kappa shape index (κ3) is 4.50. The highest BCUT2D eigenvalue weighted by molar-refractivity contribution is 5.34. The molecule has 2 rings (SSSR count). The predicted molar refractivity (Wildman–Crippen MR) is 81.4 cm³/mol. The number of nitriles is 1. The first kappa shape index (κ1) is 15.9. The maximum atomic E-state index is 14.0. The number of nitrogens with zero attached hydrogens (tertiary/aromatic N) is 4. The number of rotatable bonds is 5. The molecule has 0 spiro atoms. The molecule has 0 bridgehead atoms. The van der Waals surface area contributed by atoms with Gasteiger partial charge in [-0.05, 0) is 20.2 Å². The van der Waals surface area contributed by atoms with Gasteiger partial charge in [-0.2, -0.15) is 5.26 Å². The Kier molecular flexibility index (Phi) is 5.68. The van der Waals surface area contributed by atoms with Crippen LogP contribution in [0.3, 0.4) is 0 Å². The van der Waals surface area contributed by atoms with Crippen molar-refractivity contribution in [2.45, 2.75) is 6.54 Å². The fourth-order valence-electron chi connectivity index (χ4n) is 2.54. The Morgan fingerprint density at radius 2 is 1.86 bits per heavy atom. The minimum absolute atomic E-state index is 0.136. The lowest BCUT2D eigenvalue weighted by atomic mass is 10.1. The van der Waals surface area contributed by atoms with E-state index in [2.05, 4.69) is 28.8 Å². The van der Waals surface area contributed by atoms with E-state index in [1.807, 2.05) is 6.07 Å². The van der Waals surface area contributed by atoms with Crippen LogP contribution in [0.15, 0.2) is 18.2 Å². The maximum Gasteiger partial charge on any atom is 0.145 e. The number of likely N-dealkylation sites (N-methyl/N-ethyl adjacent to an activating group) is 1. The van der Waals surface area contributed by atoms with Gasteiger partial charge in [0.2, 0.25) is 0 Å². The van der Waals surface area contributed by atoms with Gasteiger partial charge in [-0.3, -0.25) is 9.80 Å². The lowest BCUT2D eigenvalue weighted by molar-refractivity contribution is 0.119. The quantitative estimate of drug-likeness (QED) is 0.820. The van der Waals surface area contributed by atoms with Gasteiger partial charge in [-0.1, -0.05) is 12.1 Å². The third-order valence-corrected chi connectivity index (χ3v) is 3.92. The first-order valence-corrected chi connectivity index (χ1v) is 7.37. The zero-order chi connectivity index (χ0) is 15.2. The van der Waals surface area contributed by atoms with Crippen LogP contribution in [0.4, 0.5) is 4.39 Å². The number of halogens is 1. The molecule has 21 heavy (non-hydrogen) atoms. The van der Waals surface area contributed by atoms with Gasteiger partial charge in [0, 0.05) is 51.4 Å². The number of hydrogen-bond acceptors (Lipinski definition) is 4. The molecule has 4 nitrogen and oxygen atoms in total. The van der Waals surface area contributed by atoms with E-state index >= 15 is 0 Å². The minimum Gasteiger partial charge on any atom is -0.308 e. The normalized spacial score (nSPS) is 17.1. The standard InChI is InChI=1S/C16H23FN4/c1-19(2)6-7-20-8-10-21(11-9-20)13-15-5-3-4-14(12-18)16(15)17/h3-5H,6-11,13H2,1-2H3. The highest BCUT2D eigenvalue weighted by Gasteiger charge is 2.18. The smallest absolute Gasteiger partial charge is 0.145 e. The Morgan fingerprint density at radius 3 is 2.48 bits per heavy atom. The summed E-state index contributed by atoms with van der Waals surface area (Å²) in [5, 5.41) is 8.87. The van der Waals surface area contributed by atoms with Crippen LogP contribution in [0.25, 0.3) is 0 Å². The SMILES string of the molecule is CN(C)CCN1CCN(Cc2cccc(C#N)c2F)CC1. The van der Waals surface area contributed by atoms with Crippen LogP contribution < -0.4 is 0 Å². The van der Waals surface area contributed by atoms with E-state index in [1.165, 1.54) is 6.07 Å². The molecule has 114 valence electrons. The molecule has 1 aliphatic rings. The molecule has 5 heteroatoms. The van der Waals surface area contributed by atoms with Gasteiger partial charge in [-0.25, -0.2) is 4.39 Å². The first-order chi connectivity index (χ1) is 10.1. The molecule has 1 aromatic carbocycles. The molecule has 0 amide bonds. The minimum atomic E-state index is -0.366. The Hall–Kier alpha value is -1.48. The van der Waals surface area contributed by atoms with Gasteiger partial charge in [-0.15, -0.1) is 0 Å². The van der Waals surface area contributed by atoms with E-state index in [0.29, 0.717) is 12.1 Å². The molecule has 1 aromatic rings. The Bertz CT molecular complexity index is 501. The summed E-state index contributed by atoms with van der Waals surface area (Å²) < 4.78 is 14.0. The summed E-state index contributed by atoms with van der Waals surface area (Å²) in [5.41, 5.74) is 0.757. The summed E-state index contributed by atoms with van der Waals surface area (Å²) >= 11 is 0. The van der Waals surface area contributed by atoms with E-state index in [1.54, 1.807) is 12.1 Å². The van der Waals surface area contributed by atoms with E-state index in [4.69, 9.17) is 5.26 Å². The van der Waals surface area contributed by atoms with Crippen molar-refractivity contribution < 1.29 is 4.39 Å². The molecule has 1 heterocycles. The van der Waals surface area contributed by atoms with Crippen molar-refractivity contribution in [2.75, 3.05) is 53.4 Å². The van der Waals surface area contributed by atoms with Crippen LogP contribution in [0.2, 0.25) is 0 Å². The summed E-state index contributed by atoms with van der Waals surface area (Å²) in [5.74, 6) is -0.366. The predicted octanol–water partition coefficient (Wildman–Crippen LogP) is 1.38. The monoisotopic (exact) mass is 290 g/mol. The molecule has 0 radical (unpaired) electrons. The summed E-state index contributed by atoms with van der Waals surface area (Å²) in [6, 6.07) is 6.95. The molecular formula is C16H23FN4. The molecule has 0 aliphatic carbocycles. The van der Waals surface area contributed by atoms with Crippen LogP contribution in [-0.4, -0.2) is 68.1 Å². The third-order valence-electron chi connectivity index (χ3n) is 3.92. The molecule has 0 aromatic heterocycles. The molecule has 1 saturated heterocycles. The lowest BCUT2D eigenvalue weighted by Crippen LogP contribution is -2.47. The number of piperazine rings is 1. The average molecular weight is 290 g/mol. The second-order valence-corrected chi connectivity index (χ2v) is 5.81. The highest BCUT2D eigenvalue weighted by atomic mass is 19.1. The van der Waals surface area contributed by atoms with Crippen LogP contribution in [0, 0.1) is 17.1 Å². The second kappa shape index (κ2) is 7.51. The summed E-state index contributed by atoms with van der Waals surface area (Å²) in [7, 11) is 4.17. The maximum absolute atomic E-state index is 14.0. The molecule has 0 saturated carbocycles. The van der Waals surface area contributed by atoms with Gasteiger partial charge >= 0.3 is 0 Å². The van der Waals surface area contributed by atoms with Crippen LogP contribution in [0.5, 0.6) is 0 Å². The molecule has 0 N–H and O–H groups in total. The van der Waals surface area contributed by atoms with Gasteiger partial charge < -0.3 is 4.90 Å². The van der Waals surface area contributed by atoms with Crippen molar-refractivity contribution in [3.05, 3.63) is 35.1 Å². The average Bonchev–Trinajstić information content (AvgIpc) is 2.48. The zero-order valence-corrected chi connectivity index (χ0v) is 12.8. The largest absolute Gasteiger partial charge is 0.308 e. The summed E-state index contributed by atoms with van der Waals surface area (Å²) in [4.78, 5) is 6.89. The van der Waals surface area contributed by atoms with Crippen LogP contribution in [-0.2, 0) is 6.54 Å². The fourth-order valence-corrected chi connectivity index (χ4v) is 2.54. The van der Waals surface area contributed by atoms with Gasteiger partial charge in [0.15, 0.2) is 0 Å². The Balaban J connectivity index is 1.85. The molecule has 1 fully saturated rings. The molecule has 0 unspecified atom stereocenters. The van der Waals surface area contributed by atoms with E-state index in [9.17, 15) is 4.39 Å². The molecular weight excluding hydrogens is 267 g/mol. The van der Waals surface area contributed by atoms with Crippen LogP contribution >= 0.6 is 0 Å². The van der Waals surface area contributed by atoms with Crippen LogP contribution in [0.1, 0.15) is 11.1 Å². The van der Waals surface area contributed by atoms with Crippen molar-refractivity contribution >= 4 is 0 Å². The summed E-state index contributed by atoms with van der Waals surface area (Å²) in [6.07, 6.45) is 0. The number of benzene rings is 1. The van der Waals surface area contributed by atoms with Gasteiger partial charge in [0.05, 0.1) is 5.56 Å². The molecule has 1 aliphatic heterocycles. The van der Waals surface area contributed by atoms with E-state index < -0.39 is 0 Å². The van der Waals surface area contributed by atoms with Crippen molar-refractivity contribution in [2.24, 2.45) is 0 Å². The van der Waals surface area contributed by atoms with E-state index in [-0.39, 0.29) is 11.4 Å². The van der Waals surface area contributed by atoms with Crippen molar-refractivity contribution in [3.63, 3.8) is 0 Å². The van der Waals surface area contributed by atoms with Crippen molar-refractivity contribution in [1.29, 1.82) is 5.26 Å². The topological polar surface area (TPSA) is 33.5 Å². The van der Waals surface area contributed by atoms with Crippen molar-refractivity contribution in [1.82, 2.24) is 14.7 Å². The fraction of sp³-hybridized carbons (Fsp3) is 0.562.